The van der Waals surface area contributed by atoms with Gasteiger partial charge in [-0.15, -0.1) is 0 Å². The first-order valence-electron chi connectivity index (χ1n) is 7.28. The quantitative estimate of drug-likeness (QED) is 0.857. The van der Waals surface area contributed by atoms with Crippen molar-refractivity contribution in [2.24, 2.45) is 0 Å². The lowest BCUT2D eigenvalue weighted by Crippen LogP contribution is -2.48. The van der Waals surface area contributed by atoms with E-state index in [4.69, 9.17) is 5.11 Å². The number of alkyl halides is 3. The van der Waals surface area contributed by atoms with Gasteiger partial charge in [0.15, 0.2) is 5.82 Å². The molecular formula is C14H17F3N4O2. The van der Waals surface area contributed by atoms with E-state index in [9.17, 15) is 18.0 Å². The molecule has 2 unspecified atom stereocenters. The van der Waals surface area contributed by atoms with Gasteiger partial charge in [-0.05, 0) is 18.6 Å². The molecular weight excluding hydrogens is 313 g/mol. The number of hydrogen-bond acceptors (Lipinski definition) is 5. The van der Waals surface area contributed by atoms with Crippen LogP contribution in [0.15, 0.2) is 12.1 Å². The average Bonchev–Trinajstić information content (AvgIpc) is 2.94. The molecule has 1 amide bonds. The number of fused-ring (bicyclic) bond motifs is 4. The number of pyridine rings is 1. The zero-order valence-electron chi connectivity index (χ0n) is 12.5. The summed E-state index contributed by atoms with van der Waals surface area (Å²) in [5.74, 6) is -0.357. The third-order valence-electron chi connectivity index (χ3n) is 4.36. The number of nitrogens with one attached hydrogen (secondary N) is 1. The molecule has 23 heavy (non-hydrogen) atoms. The minimum atomic E-state index is -4.71. The molecule has 0 aliphatic carbocycles. The lowest BCUT2D eigenvalue weighted by atomic mass is 10.2. The molecule has 6 nitrogen and oxygen atoms in total. The number of aromatic nitrogens is 1. The molecule has 126 valence electrons. The molecule has 1 saturated heterocycles. The van der Waals surface area contributed by atoms with Crippen LogP contribution in [0.2, 0.25) is 0 Å². The normalized spacial score (nSPS) is 21.2. The van der Waals surface area contributed by atoms with Crippen LogP contribution in [0.4, 0.5) is 24.7 Å². The molecule has 3 rings (SSSR count). The van der Waals surface area contributed by atoms with Crippen molar-refractivity contribution >= 4 is 17.4 Å². The fourth-order valence-electron chi connectivity index (χ4n) is 2.99. The predicted molar refractivity (Wildman–Crippen MR) is 77.7 cm³/mol. The van der Waals surface area contributed by atoms with E-state index in [1.54, 1.807) is 11.4 Å². The molecule has 3 heterocycles. The first kappa shape index (κ1) is 15.9. The van der Waals surface area contributed by atoms with Gasteiger partial charge in [0.05, 0.1) is 12.3 Å². The molecule has 9 heteroatoms. The summed E-state index contributed by atoms with van der Waals surface area (Å²) in [6, 6.07) is 1.11. The first-order chi connectivity index (χ1) is 10.8. The summed E-state index contributed by atoms with van der Waals surface area (Å²) in [7, 11) is 1.87. The van der Waals surface area contributed by atoms with Crippen LogP contribution in [-0.4, -0.2) is 61.0 Å². The lowest BCUT2D eigenvalue weighted by Gasteiger charge is -2.34. The predicted octanol–water partition coefficient (Wildman–Crippen LogP) is 0.763. The SMILES string of the molecule is CN1c2nc(C(=O)NC(CO)C(F)(F)F)ccc2N2CCC1C2. The fourth-order valence-corrected chi connectivity index (χ4v) is 2.99. The van der Waals surface area contributed by atoms with E-state index in [1.165, 1.54) is 6.07 Å². The van der Waals surface area contributed by atoms with Gasteiger partial charge in [-0.2, -0.15) is 13.2 Å². The third-order valence-corrected chi connectivity index (χ3v) is 4.36. The van der Waals surface area contributed by atoms with Crippen molar-refractivity contribution in [3.63, 3.8) is 0 Å². The second-order valence-corrected chi connectivity index (χ2v) is 5.79. The van der Waals surface area contributed by atoms with Gasteiger partial charge in [0.2, 0.25) is 0 Å². The van der Waals surface area contributed by atoms with Crippen LogP contribution in [-0.2, 0) is 0 Å². The van der Waals surface area contributed by atoms with Crippen molar-refractivity contribution in [1.29, 1.82) is 0 Å². The highest BCUT2D eigenvalue weighted by molar-refractivity contribution is 5.94. The molecule has 1 fully saturated rings. The largest absolute Gasteiger partial charge is 0.410 e. The smallest absolute Gasteiger partial charge is 0.394 e. The molecule has 2 atom stereocenters. The standard InChI is InChI=1S/C14H17F3N4O2/c1-20-8-4-5-21(6-8)10-3-2-9(18-12(10)20)13(23)19-11(7-22)14(15,16)17/h2-3,8,11,22H,4-7H2,1H3,(H,19,23). The van der Waals surface area contributed by atoms with Crippen molar-refractivity contribution in [2.75, 3.05) is 36.5 Å². The van der Waals surface area contributed by atoms with Gasteiger partial charge in [0.1, 0.15) is 11.7 Å². The number of aliphatic hydroxyl groups is 1. The Morgan fingerprint density at radius 1 is 1.52 bits per heavy atom. The van der Waals surface area contributed by atoms with Crippen LogP contribution in [0.3, 0.4) is 0 Å². The summed E-state index contributed by atoms with van der Waals surface area (Å²) in [5.41, 5.74) is 0.785. The number of carbonyl (C=O) groups excluding carboxylic acids is 1. The van der Waals surface area contributed by atoms with Gasteiger partial charge in [-0.25, -0.2) is 4.98 Å². The van der Waals surface area contributed by atoms with E-state index in [1.807, 2.05) is 11.9 Å². The zero-order valence-corrected chi connectivity index (χ0v) is 12.5. The van der Waals surface area contributed by atoms with E-state index >= 15 is 0 Å². The number of carbonyl (C=O) groups is 1. The molecule has 2 bridgehead atoms. The number of nitrogens with zero attached hydrogens (tertiary/aromatic N) is 3. The molecule has 2 aliphatic heterocycles. The van der Waals surface area contributed by atoms with Crippen LogP contribution < -0.4 is 15.1 Å². The molecule has 1 aromatic rings. The minimum absolute atomic E-state index is 0.0965. The second-order valence-electron chi connectivity index (χ2n) is 5.79. The summed E-state index contributed by atoms with van der Waals surface area (Å²) in [6.45, 7) is 0.573. The third kappa shape index (κ3) is 2.80. The number of amides is 1. The molecule has 0 saturated carbocycles. The highest BCUT2D eigenvalue weighted by Crippen LogP contribution is 2.37. The number of likely N-dealkylation sites (N-methyl/N-ethyl adjacent to an activating group) is 1. The van der Waals surface area contributed by atoms with E-state index in [-0.39, 0.29) is 5.69 Å². The van der Waals surface area contributed by atoms with E-state index in [0.29, 0.717) is 11.9 Å². The Morgan fingerprint density at radius 3 is 2.91 bits per heavy atom. The maximum Gasteiger partial charge on any atom is 0.410 e. The number of anilines is 2. The van der Waals surface area contributed by atoms with Crippen molar-refractivity contribution < 1.29 is 23.1 Å². The van der Waals surface area contributed by atoms with E-state index in [2.05, 4.69) is 9.88 Å². The second kappa shape index (κ2) is 5.55. The van der Waals surface area contributed by atoms with Crippen molar-refractivity contribution in [3.8, 4) is 0 Å². The van der Waals surface area contributed by atoms with Gasteiger partial charge in [-0.1, -0.05) is 0 Å². The van der Waals surface area contributed by atoms with Crippen molar-refractivity contribution in [1.82, 2.24) is 10.3 Å². The molecule has 2 aliphatic rings. The monoisotopic (exact) mass is 330 g/mol. The van der Waals surface area contributed by atoms with Gasteiger partial charge >= 0.3 is 6.18 Å². The molecule has 0 radical (unpaired) electrons. The van der Waals surface area contributed by atoms with Crippen LogP contribution in [0.5, 0.6) is 0 Å². The Kier molecular flexibility index (Phi) is 3.83. The number of hydrogen-bond donors (Lipinski definition) is 2. The minimum Gasteiger partial charge on any atom is -0.394 e. The van der Waals surface area contributed by atoms with Gasteiger partial charge < -0.3 is 20.2 Å². The summed E-state index contributed by atoms with van der Waals surface area (Å²) >= 11 is 0. The Labute approximate surface area is 130 Å². The van der Waals surface area contributed by atoms with Gasteiger partial charge in [0.25, 0.3) is 5.91 Å². The Balaban J connectivity index is 1.83. The van der Waals surface area contributed by atoms with Crippen LogP contribution in [0.25, 0.3) is 0 Å². The fraction of sp³-hybridized carbons (Fsp3) is 0.571. The maximum atomic E-state index is 12.6. The Hall–Kier alpha value is -2.03. The van der Waals surface area contributed by atoms with Gasteiger partial charge in [-0.3, -0.25) is 4.79 Å². The highest BCUT2D eigenvalue weighted by Gasteiger charge is 2.41. The Bertz CT molecular complexity index is 623. The molecule has 0 spiro atoms. The highest BCUT2D eigenvalue weighted by atomic mass is 19.4. The number of aliphatic hydroxyl groups excluding tert-OH is 1. The van der Waals surface area contributed by atoms with Crippen LogP contribution in [0, 0.1) is 0 Å². The summed E-state index contributed by atoms with van der Waals surface area (Å²) in [6.07, 6.45) is -3.73. The van der Waals surface area contributed by atoms with Crippen molar-refractivity contribution in [2.45, 2.75) is 24.7 Å². The molecule has 2 N–H and O–H groups in total. The molecule has 1 aromatic heterocycles. The average molecular weight is 330 g/mol. The van der Waals surface area contributed by atoms with Gasteiger partial charge in [0, 0.05) is 26.2 Å². The van der Waals surface area contributed by atoms with Crippen LogP contribution >= 0.6 is 0 Å². The summed E-state index contributed by atoms with van der Waals surface area (Å²) < 4.78 is 37.9. The first-order valence-corrected chi connectivity index (χ1v) is 7.28. The lowest BCUT2D eigenvalue weighted by molar-refractivity contribution is -0.161. The summed E-state index contributed by atoms with van der Waals surface area (Å²) in [5, 5.41) is 10.6. The number of halogens is 3. The summed E-state index contributed by atoms with van der Waals surface area (Å²) in [4.78, 5) is 20.4. The van der Waals surface area contributed by atoms with E-state index < -0.39 is 24.7 Å². The topological polar surface area (TPSA) is 68.7 Å². The van der Waals surface area contributed by atoms with Crippen LogP contribution in [0.1, 0.15) is 16.9 Å². The van der Waals surface area contributed by atoms with E-state index in [0.717, 1.165) is 25.2 Å². The molecule has 0 aromatic carbocycles. The maximum absolute atomic E-state index is 12.6. The Morgan fingerprint density at radius 2 is 2.26 bits per heavy atom. The zero-order chi connectivity index (χ0) is 16.8. The number of rotatable bonds is 3. The van der Waals surface area contributed by atoms with Crippen molar-refractivity contribution in [3.05, 3.63) is 17.8 Å².